The molecule has 0 spiro atoms. The number of hydrogen-bond acceptors (Lipinski definition) is 3. The summed E-state index contributed by atoms with van der Waals surface area (Å²) >= 11 is 11.7. The van der Waals surface area contributed by atoms with E-state index in [0.717, 1.165) is 5.69 Å². The second-order valence-corrected chi connectivity index (χ2v) is 5.11. The van der Waals surface area contributed by atoms with Gasteiger partial charge in [-0.3, -0.25) is 0 Å². The first-order valence-corrected chi connectivity index (χ1v) is 6.53. The van der Waals surface area contributed by atoms with Crippen LogP contribution in [-0.2, 0) is 7.05 Å². The molecule has 20 heavy (non-hydrogen) atoms. The molecule has 0 saturated heterocycles. The van der Waals surface area contributed by atoms with Crippen molar-refractivity contribution in [1.82, 2.24) is 19.5 Å². The molecule has 0 atom stereocenters. The van der Waals surface area contributed by atoms with Gasteiger partial charge in [0.15, 0.2) is 11.0 Å². The van der Waals surface area contributed by atoms with Gasteiger partial charge in [-0.15, -0.1) is 0 Å². The van der Waals surface area contributed by atoms with E-state index in [1.165, 1.54) is 12.5 Å². The van der Waals surface area contributed by atoms with Gasteiger partial charge in [0.25, 0.3) is 0 Å². The van der Waals surface area contributed by atoms with Crippen molar-refractivity contribution in [1.29, 1.82) is 0 Å². The molecule has 0 amide bonds. The fraction of sp³-hybridized carbons (Fsp3) is 0.154. The Labute approximate surface area is 124 Å². The molecule has 3 heterocycles. The fourth-order valence-corrected chi connectivity index (χ4v) is 2.54. The first-order valence-electron chi connectivity index (χ1n) is 5.77. The second kappa shape index (κ2) is 4.68. The number of aryl methyl sites for hydroxylation is 1. The number of rotatable bonds is 1. The van der Waals surface area contributed by atoms with E-state index in [4.69, 9.17) is 23.2 Å². The van der Waals surface area contributed by atoms with Crippen LogP contribution in [0, 0.1) is 12.7 Å². The molecule has 0 aliphatic heterocycles. The predicted molar refractivity (Wildman–Crippen MR) is 76.5 cm³/mol. The summed E-state index contributed by atoms with van der Waals surface area (Å²) < 4.78 is 15.7. The smallest absolute Gasteiger partial charge is 0.165 e. The molecule has 0 aromatic carbocycles. The molecule has 102 valence electrons. The maximum Gasteiger partial charge on any atom is 0.165 e. The van der Waals surface area contributed by atoms with E-state index in [2.05, 4.69) is 15.0 Å². The van der Waals surface area contributed by atoms with Crippen molar-refractivity contribution in [2.45, 2.75) is 6.92 Å². The molecule has 0 radical (unpaired) electrons. The van der Waals surface area contributed by atoms with Crippen molar-refractivity contribution in [2.24, 2.45) is 7.05 Å². The third-order valence-electron chi connectivity index (χ3n) is 3.27. The highest BCUT2D eigenvalue weighted by molar-refractivity contribution is 6.34. The van der Waals surface area contributed by atoms with Crippen LogP contribution in [0.4, 0.5) is 4.39 Å². The summed E-state index contributed by atoms with van der Waals surface area (Å²) in [5.74, 6) is -0.522. The van der Waals surface area contributed by atoms with Crippen LogP contribution >= 0.6 is 23.2 Å². The number of aromatic nitrogens is 4. The minimum absolute atomic E-state index is 0.136. The van der Waals surface area contributed by atoms with Gasteiger partial charge >= 0.3 is 0 Å². The van der Waals surface area contributed by atoms with Crippen LogP contribution in [0.2, 0.25) is 10.3 Å². The van der Waals surface area contributed by atoms with Crippen molar-refractivity contribution < 1.29 is 4.39 Å². The highest BCUT2D eigenvalue weighted by Crippen LogP contribution is 2.32. The zero-order valence-corrected chi connectivity index (χ0v) is 12.2. The van der Waals surface area contributed by atoms with Crippen LogP contribution in [0.25, 0.3) is 22.3 Å². The average molecular weight is 311 g/mol. The van der Waals surface area contributed by atoms with Crippen molar-refractivity contribution in [3.8, 4) is 11.3 Å². The van der Waals surface area contributed by atoms with Gasteiger partial charge in [-0.05, 0) is 18.6 Å². The van der Waals surface area contributed by atoms with Crippen LogP contribution in [0.3, 0.4) is 0 Å². The quantitative estimate of drug-likeness (QED) is 0.507. The van der Waals surface area contributed by atoms with Crippen molar-refractivity contribution in [3.05, 3.63) is 40.3 Å². The van der Waals surface area contributed by atoms with Crippen LogP contribution in [0.5, 0.6) is 0 Å². The van der Waals surface area contributed by atoms with Crippen LogP contribution in [0.15, 0.2) is 18.6 Å². The lowest BCUT2D eigenvalue weighted by molar-refractivity contribution is 0.613. The minimum Gasteiger partial charge on any atom is -0.328 e. The fourth-order valence-electron chi connectivity index (χ4n) is 2.17. The molecular formula is C13H9Cl2FN4. The number of fused-ring (bicyclic) bond motifs is 1. The molecule has 7 heteroatoms. The molecule has 0 fully saturated rings. The van der Waals surface area contributed by atoms with Gasteiger partial charge in [0.05, 0.1) is 11.1 Å². The molecule has 0 aliphatic carbocycles. The summed E-state index contributed by atoms with van der Waals surface area (Å²) in [5, 5.41) is 0.932. The highest BCUT2D eigenvalue weighted by atomic mass is 35.5. The van der Waals surface area contributed by atoms with Gasteiger partial charge in [0.2, 0.25) is 0 Å². The van der Waals surface area contributed by atoms with Crippen molar-refractivity contribution in [3.63, 3.8) is 0 Å². The zero-order valence-electron chi connectivity index (χ0n) is 10.7. The third kappa shape index (κ3) is 1.85. The van der Waals surface area contributed by atoms with Crippen molar-refractivity contribution >= 4 is 34.2 Å². The number of hydrogen-bond donors (Lipinski definition) is 0. The number of pyridine rings is 1. The molecule has 3 rings (SSSR count). The summed E-state index contributed by atoms with van der Waals surface area (Å²) in [7, 11) is 1.83. The van der Waals surface area contributed by atoms with E-state index < -0.39 is 5.82 Å². The molecule has 4 nitrogen and oxygen atoms in total. The Morgan fingerprint density at radius 3 is 2.60 bits per heavy atom. The number of halogens is 3. The SMILES string of the molecule is Cc1c(-c2cc3c(Cl)ncnc3n2C)cnc(Cl)c1F. The third-order valence-corrected chi connectivity index (χ3v) is 3.84. The first-order chi connectivity index (χ1) is 9.50. The van der Waals surface area contributed by atoms with E-state index in [9.17, 15) is 4.39 Å². The average Bonchev–Trinajstić information content (AvgIpc) is 2.76. The lowest BCUT2D eigenvalue weighted by atomic mass is 10.1. The summed E-state index contributed by atoms with van der Waals surface area (Å²) in [6.07, 6.45) is 2.93. The van der Waals surface area contributed by atoms with Crippen LogP contribution in [0.1, 0.15) is 5.56 Å². The Morgan fingerprint density at radius 2 is 1.90 bits per heavy atom. The Kier molecular flexibility index (Phi) is 3.11. The van der Waals surface area contributed by atoms with Crippen molar-refractivity contribution in [2.75, 3.05) is 0 Å². The zero-order chi connectivity index (χ0) is 14.4. The van der Waals surface area contributed by atoms with Gasteiger partial charge < -0.3 is 4.57 Å². The molecular weight excluding hydrogens is 302 g/mol. The summed E-state index contributed by atoms with van der Waals surface area (Å²) in [6.45, 7) is 1.66. The summed E-state index contributed by atoms with van der Waals surface area (Å²) in [4.78, 5) is 12.0. The van der Waals surface area contributed by atoms with E-state index >= 15 is 0 Å². The highest BCUT2D eigenvalue weighted by Gasteiger charge is 2.17. The molecule has 0 aliphatic rings. The first kappa shape index (κ1) is 13.3. The largest absolute Gasteiger partial charge is 0.328 e. The second-order valence-electron chi connectivity index (χ2n) is 4.39. The normalized spacial score (nSPS) is 11.2. The molecule has 3 aromatic heterocycles. The summed E-state index contributed by atoms with van der Waals surface area (Å²) in [6, 6.07) is 1.81. The Balaban J connectivity index is 2.33. The van der Waals surface area contributed by atoms with Crippen LogP contribution < -0.4 is 0 Å². The Morgan fingerprint density at radius 1 is 1.15 bits per heavy atom. The van der Waals surface area contributed by atoms with Gasteiger partial charge in [-0.1, -0.05) is 23.2 Å². The monoisotopic (exact) mass is 310 g/mol. The lowest BCUT2D eigenvalue weighted by Crippen LogP contribution is -1.98. The molecule has 0 N–H and O–H groups in total. The summed E-state index contributed by atoms with van der Waals surface area (Å²) in [5.41, 5.74) is 2.50. The standard InChI is InChI=1S/C13H9Cl2FN4/c1-6-8(4-17-12(15)10(6)16)9-3-7-11(14)18-5-19-13(7)20(9)2/h3-5H,1-2H3. The lowest BCUT2D eigenvalue weighted by Gasteiger charge is -2.08. The van der Waals surface area contributed by atoms with Crippen LogP contribution in [-0.4, -0.2) is 19.5 Å². The Bertz CT molecular complexity index is 829. The Hall–Kier alpha value is -1.72. The van der Waals surface area contributed by atoms with E-state index in [1.54, 1.807) is 6.92 Å². The topological polar surface area (TPSA) is 43.6 Å². The van der Waals surface area contributed by atoms with E-state index in [0.29, 0.717) is 27.3 Å². The number of nitrogens with zero attached hydrogens (tertiary/aromatic N) is 4. The van der Waals surface area contributed by atoms with E-state index in [1.807, 2.05) is 17.7 Å². The molecule has 0 unspecified atom stereocenters. The minimum atomic E-state index is -0.522. The van der Waals surface area contributed by atoms with E-state index in [-0.39, 0.29) is 5.15 Å². The molecule has 0 saturated carbocycles. The molecule has 3 aromatic rings. The maximum absolute atomic E-state index is 13.9. The predicted octanol–water partition coefficient (Wildman–Crippen LogP) is 3.78. The maximum atomic E-state index is 13.9. The van der Waals surface area contributed by atoms with Gasteiger partial charge in [-0.25, -0.2) is 19.3 Å². The van der Waals surface area contributed by atoms with Gasteiger partial charge in [0, 0.05) is 18.8 Å². The van der Waals surface area contributed by atoms with Gasteiger partial charge in [0.1, 0.15) is 17.1 Å². The van der Waals surface area contributed by atoms with Gasteiger partial charge in [-0.2, -0.15) is 0 Å². The molecule has 0 bridgehead atoms.